The number of hydrogen-bond acceptors (Lipinski definition) is 3. The van der Waals surface area contributed by atoms with Crippen molar-refractivity contribution in [3.63, 3.8) is 0 Å². The highest BCUT2D eigenvalue weighted by atomic mass is 35.5. The summed E-state index contributed by atoms with van der Waals surface area (Å²) in [5, 5.41) is 9.12. The van der Waals surface area contributed by atoms with Crippen molar-refractivity contribution < 1.29 is 19.4 Å². The maximum atomic E-state index is 11.0. The summed E-state index contributed by atoms with van der Waals surface area (Å²) < 4.78 is 5.16. The summed E-state index contributed by atoms with van der Waals surface area (Å²) in [6.45, 7) is 1.88. The number of aryl methyl sites for hydroxylation is 1. The second-order valence-corrected chi connectivity index (χ2v) is 4.12. The van der Waals surface area contributed by atoms with Crippen LogP contribution < -0.4 is 9.64 Å². The number of nitrogens with zero attached hydrogens (tertiary/aromatic N) is 1. The Bertz CT molecular complexity index is 462. The van der Waals surface area contributed by atoms with E-state index in [0.717, 1.165) is 5.56 Å². The van der Waals surface area contributed by atoms with Crippen LogP contribution in [0.25, 0.3) is 0 Å². The van der Waals surface area contributed by atoms with E-state index in [1.54, 1.807) is 12.1 Å². The second kappa shape index (κ2) is 6.26. The van der Waals surface area contributed by atoms with Gasteiger partial charge >= 0.3 is 5.97 Å². The Morgan fingerprint density at radius 2 is 2.22 bits per heavy atom. The minimum Gasteiger partial charge on any atom is -0.495 e. The first-order valence-corrected chi connectivity index (χ1v) is 5.65. The molecule has 1 N–H and O–H groups in total. The summed E-state index contributed by atoms with van der Waals surface area (Å²) >= 11 is 5.99. The number of hydrogen-bond donors (Lipinski definition) is 1. The normalized spacial score (nSPS) is 9.94. The Morgan fingerprint density at radius 1 is 1.56 bits per heavy atom. The zero-order valence-electron chi connectivity index (χ0n) is 10.1. The number of carbonyl (C=O) groups excluding carboxylic acids is 1. The van der Waals surface area contributed by atoms with Gasteiger partial charge in [0.2, 0.25) is 6.41 Å². The van der Waals surface area contributed by atoms with E-state index in [0.29, 0.717) is 22.9 Å². The quantitative estimate of drug-likeness (QED) is 0.805. The Kier molecular flexibility index (Phi) is 4.97. The highest BCUT2D eigenvalue weighted by molar-refractivity contribution is 6.31. The molecule has 6 heteroatoms. The molecule has 0 saturated carbocycles. The maximum Gasteiger partial charge on any atom is 0.305 e. The standard InChI is InChI=1S/C12H14ClNO4/c1-8-5-11(18-2)10(6-9(8)13)14(7-15)4-3-12(16)17/h5-7H,3-4H2,1-2H3,(H,16,17). The fourth-order valence-electron chi connectivity index (χ4n) is 1.48. The molecular formula is C12H14ClNO4. The third kappa shape index (κ3) is 3.37. The van der Waals surface area contributed by atoms with E-state index in [-0.39, 0.29) is 13.0 Å². The first-order valence-electron chi connectivity index (χ1n) is 5.27. The van der Waals surface area contributed by atoms with Crippen LogP contribution in [0.1, 0.15) is 12.0 Å². The summed E-state index contributed by atoms with van der Waals surface area (Å²) in [5.74, 6) is -0.492. The summed E-state index contributed by atoms with van der Waals surface area (Å²) in [7, 11) is 1.48. The number of carboxylic acids is 1. The molecule has 0 atom stereocenters. The van der Waals surface area contributed by atoms with Gasteiger partial charge in [0.25, 0.3) is 0 Å². The number of halogens is 1. The lowest BCUT2D eigenvalue weighted by Crippen LogP contribution is -2.24. The minimum atomic E-state index is -0.973. The fourth-order valence-corrected chi connectivity index (χ4v) is 1.64. The van der Waals surface area contributed by atoms with Gasteiger partial charge in [-0.3, -0.25) is 9.59 Å². The molecule has 0 fully saturated rings. The molecule has 0 unspecified atom stereocenters. The minimum absolute atomic E-state index is 0.0641. The van der Waals surface area contributed by atoms with Crippen molar-refractivity contribution in [2.24, 2.45) is 0 Å². The predicted molar refractivity (Wildman–Crippen MR) is 68.4 cm³/mol. The van der Waals surface area contributed by atoms with Crippen molar-refractivity contribution >= 4 is 29.7 Å². The molecule has 1 aromatic carbocycles. The molecule has 18 heavy (non-hydrogen) atoms. The second-order valence-electron chi connectivity index (χ2n) is 3.72. The van der Waals surface area contributed by atoms with Crippen molar-refractivity contribution in [1.82, 2.24) is 0 Å². The highest BCUT2D eigenvalue weighted by Crippen LogP contribution is 2.33. The smallest absolute Gasteiger partial charge is 0.305 e. The van der Waals surface area contributed by atoms with Crippen LogP contribution in [-0.4, -0.2) is 31.1 Å². The predicted octanol–water partition coefficient (Wildman–Crippen LogP) is 2.09. The van der Waals surface area contributed by atoms with E-state index in [1.165, 1.54) is 12.0 Å². The topological polar surface area (TPSA) is 66.8 Å². The lowest BCUT2D eigenvalue weighted by Gasteiger charge is -2.20. The summed E-state index contributed by atoms with van der Waals surface area (Å²) in [6, 6.07) is 3.29. The largest absolute Gasteiger partial charge is 0.495 e. The van der Waals surface area contributed by atoms with Gasteiger partial charge < -0.3 is 14.7 Å². The van der Waals surface area contributed by atoms with Crippen LogP contribution >= 0.6 is 11.6 Å². The SMILES string of the molecule is COc1cc(C)c(Cl)cc1N(C=O)CCC(=O)O. The molecule has 0 bridgehead atoms. The molecule has 0 aliphatic rings. The Balaban J connectivity index is 3.07. The van der Waals surface area contributed by atoms with E-state index in [1.807, 2.05) is 6.92 Å². The lowest BCUT2D eigenvalue weighted by molar-refractivity contribution is -0.136. The van der Waals surface area contributed by atoms with Gasteiger partial charge in [0.1, 0.15) is 5.75 Å². The molecule has 1 amide bonds. The van der Waals surface area contributed by atoms with Gasteiger partial charge in [-0.1, -0.05) is 11.6 Å². The molecule has 1 aromatic rings. The average Bonchev–Trinajstić information content (AvgIpc) is 2.33. The van der Waals surface area contributed by atoms with Gasteiger partial charge in [-0.2, -0.15) is 0 Å². The third-order valence-corrected chi connectivity index (χ3v) is 2.87. The molecule has 0 spiro atoms. The number of anilines is 1. The number of carboxylic acid groups (broad SMARTS) is 1. The van der Waals surface area contributed by atoms with Gasteiger partial charge in [-0.15, -0.1) is 0 Å². The summed E-state index contributed by atoms with van der Waals surface area (Å²) in [4.78, 5) is 22.8. The molecule has 1 rings (SSSR count). The van der Waals surface area contributed by atoms with Gasteiger partial charge in [-0.05, 0) is 24.6 Å². The number of carbonyl (C=O) groups is 2. The molecule has 0 aromatic heterocycles. The van der Waals surface area contributed by atoms with Crippen LogP contribution in [0.2, 0.25) is 5.02 Å². The van der Waals surface area contributed by atoms with Gasteiger partial charge in [0.05, 0.1) is 19.2 Å². The van der Waals surface area contributed by atoms with E-state index >= 15 is 0 Å². The number of methoxy groups -OCH3 is 1. The third-order valence-electron chi connectivity index (χ3n) is 2.46. The highest BCUT2D eigenvalue weighted by Gasteiger charge is 2.14. The van der Waals surface area contributed by atoms with Crippen LogP contribution in [0.4, 0.5) is 5.69 Å². The molecular weight excluding hydrogens is 258 g/mol. The van der Waals surface area contributed by atoms with Crippen molar-refractivity contribution in [1.29, 1.82) is 0 Å². The number of rotatable bonds is 6. The van der Waals surface area contributed by atoms with Crippen molar-refractivity contribution in [2.75, 3.05) is 18.6 Å². The van der Waals surface area contributed by atoms with Crippen LogP contribution in [-0.2, 0) is 9.59 Å². The van der Waals surface area contributed by atoms with Crippen LogP contribution in [0.3, 0.4) is 0 Å². The number of amides is 1. The van der Waals surface area contributed by atoms with E-state index < -0.39 is 5.97 Å². The molecule has 0 aliphatic heterocycles. The number of aliphatic carboxylic acids is 1. The number of benzene rings is 1. The number of ether oxygens (including phenoxy) is 1. The first kappa shape index (κ1) is 14.3. The molecule has 0 saturated heterocycles. The maximum absolute atomic E-state index is 11.0. The monoisotopic (exact) mass is 271 g/mol. The van der Waals surface area contributed by atoms with E-state index in [2.05, 4.69) is 0 Å². The van der Waals surface area contributed by atoms with Crippen LogP contribution in [0, 0.1) is 6.92 Å². The zero-order valence-corrected chi connectivity index (χ0v) is 10.9. The zero-order chi connectivity index (χ0) is 13.7. The van der Waals surface area contributed by atoms with Crippen LogP contribution in [0.15, 0.2) is 12.1 Å². The van der Waals surface area contributed by atoms with Gasteiger partial charge in [-0.25, -0.2) is 0 Å². The molecule has 98 valence electrons. The average molecular weight is 272 g/mol. The fraction of sp³-hybridized carbons (Fsp3) is 0.333. The Morgan fingerprint density at radius 3 is 2.72 bits per heavy atom. The summed E-state index contributed by atoms with van der Waals surface area (Å²) in [5.41, 5.74) is 1.28. The van der Waals surface area contributed by atoms with Crippen LogP contribution in [0.5, 0.6) is 5.75 Å². The lowest BCUT2D eigenvalue weighted by atomic mass is 10.2. The molecule has 0 radical (unpaired) electrons. The molecule has 0 aliphatic carbocycles. The molecule has 0 heterocycles. The van der Waals surface area contributed by atoms with Crippen molar-refractivity contribution in [3.8, 4) is 5.75 Å². The van der Waals surface area contributed by atoms with Crippen molar-refractivity contribution in [2.45, 2.75) is 13.3 Å². The van der Waals surface area contributed by atoms with E-state index in [9.17, 15) is 9.59 Å². The first-order chi connectivity index (χ1) is 8.49. The van der Waals surface area contributed by atoms with Gasteiger partial charge in [0.15, 0.2) is 0 Å². The summed E-state index contributed by atoms with van der Waals surface area (Å²) in [6.07, 6.45) is 0.417. The van der Waals surface area contributed by atoms with Crippen molar-refractivity contribution in [3.05, 3.63) is 22.7 Å². The van der Waals surface area contributed by atoms with Gasteiger partial charge in [0, 0.05) is 11.6 Å². The Labute approximate surface area is 110 Å². The van der Waals surface area contributed by atoms with E-state index in [4.69, 9.17) is 21.4 Å². The Hall–Kier alpha value is -1.75. The molecule has 5 nitrogen and oxygen atoms in total.